The fourth-order valence-electron chi connectivity index (χ4n) is 3.27. The van der Waals surface area contributed by atoms with Crippen molar-refractivity contribution >= 4 is 18.3 Å². The van der Waals surface area contributed by atoms with E-state index in [0.29, 0.717) is 17.8 Å². The molecule has 0 atom stereocenters. The molecule has 1 saturated heterocycles. The van der Waals surface area contributed by atoms with Gasteiger partial charge < -0.3 is 10.6 Å². The number of rotatable bonds is 3. The van der Waals surface area contributed by atoms with Gasteiger partial charge in [-0.05, 0) is 45.7 Å². The monoisotopic (exact) mass is 313 g/mol. The summed E-state index contributed by atoms with van der Waals surface area (Å²) >= 11 is 0. The third kappa shape index (κ3) is 3.55. The molecule has 2 fully saturated rings. The average Bonchev–Trinajstić information content (AvgIpc) is 3.09. The molecule has 1 aromatic heterocycles. The van der Waals surface area contributed by atoms with E-state index < -0.39 is 0 Å². The third-order valence-corrected chi connectivity index (χ3v) is 4.49. The molecule has 6 nitrogen and oxygen atoms in total. The van der Waals surface area contributed by atoms with Crippen LogP contribution in [-0.2, 0) is 0 Å². The Morgan fingerprint density at radius 1 is 1.24 bits per heavy atom. The summed E-state index contributed by atoms with van der Waals surface area (Å²) in [6, 6.07) is 0.697. The van der Waals surface area contributed by atoms with Crippen LogP contribution in [0.25, 0.3) is 0 Å². The van der Waals surface area contributed by atoms with Crippen molar-refractivity contribution in [1.29, 1.82) is 0 Å². The van der Waals surface area contributed by atoms with E-state index in [1.54, 1.807) is 0 Å². The molecule has 2 heterocycles. The van der Waals surface area contributed by atoms with Gasteiger partial charge in [-0.1, -0.05) is 18.1 Å². The van der Waals surface area contributed by atoms with Gasteiger partial charge >= 0.3 is 0 Å². The van der Waals surface area contributed by atoms with E-state index in [2.05, 4.69) is 20.9 Å². The molecule has 1 saturated carbocycles. The highest BCUT2D eigenvalue weighted by Gasteiger charge is 2.25. The van der Waals surface area contributed by atoms with E-state index in [4.69, 9.17) is 0 Å². The van der Waals surface area contributed by atoms with E-state index in [-0.39, 0.29) is 18.3 Å². The average molecular weight is 314 g/mol. The predicted octanol–water partition coefficient (Wildman–Crippen LogP) is 1.61. The normalized spacial score (nSPS) is 20.2. The van der Waals surface area contributed by atoms with Gasteiger partial charge in [-0.2, -0.15) is 0 Å². The van der Waals surface area contributed by atoms with Crippen LogP contribution in [-0.4, -0.2) is 40.0 Å². The fourth-order valence-corrected chi connectivity index (χ4v) is 3.27. The summed E-state index contributed by atoms with van der Waals surface area (Å²) in [5, 5.41) is 14.8. The molecule has 2 N–H and O–H groups in total. The summed E-state index contributed by atoms with van der Waals surface area (Å²) in [6.45, 7) is 3.97. The van der Waals surface area contributed by atoms with Gasteiger partial charge in [-0.15, -0.1) is 17.5 Å². The number of nitrogens with zero attached hydrogens (tertiary/aromatic N) is 3. The van der Waals surface area contributed by atoms with Crippen LogP contribution in [0.2, 0.25) is 0 Å². The lowest BCUT2D eigenvalue weighted by atomic mass is 10.1. The van der Waals surface area contributed by atoms with Crippen molar-refractivity contribution in [3.8, 4) is 0 Å². The zero-order chi connectivity index (χ0) is 13.9. The lowest BCUT2D eigenvalue weighted by Gasteiger charge is -2.23. The molecule has 0 spiro atoms. The Hall–Kier alpha value is -1.14. The maximum absolute atomic E-state index is 12.3. The first-order valence-corrected chi connectivity index (χ1v) is 7.69. The molecule has 0 bridgehead atoms. The smallest absolute Gasteiger partial charge is 0.273 e. The second-order valence-corrected chi connectivity index (χ2v) is 5.90. The van der Waals surface area contributed by atoms with Crippen LogP contribution in [0.15, 0.2) is 0 Å². The molecule has 0 aromatic carbocycles. The summed E-state index contributed by atoms with van der Waals surface area (Å²) in [4.78, 5) is 12.3. The minimum Gasteiger partial charge on any atom is -0.348 e. The molecule has 1 aliphatic carbocycles. The van der Waals surface area contributed by atoms with Crippen LogP contribution in [0.4, 0.5) is 0 Å². The van der Waals surface area contributed by atoms with Crippen LogP contribution in [0.1, 0.15) is 60.7 Å². The molecular weight excluding hydrogens is 290 g/mol. The van der Waals surface area contributed by atoms with Crippen molar-refractivity contribution in [3.05, 3.63) is 11.4 Å². The lowest BCUT2D eigenvalue weighted by molar-refractivity contribution is 0.0932. The number of nitrogens with one attached hydrogen (secondary N) is 2. The van der Waals surface area contributed by atoms with E-state index in [9.17, 15) is 4.79 Å². The Labute approximate surface area is 131 Å². The van der Waals surface area contributed by atoms with Crippen LogP contribution in [0.3, 0.4) is 0 Å². The second kappa shape index (κ2) is 7.22. The maximum atomic E-state index is 12.3. The molecule has 0 unspecified atom stereocenters. The van der Waals surface area contributed by atoms with Crippen molar-refractivity contribution in [2.45, 2.75) is 57.5 Å². The van der Waals surface area contributed by atoms with Crippen molar-refractivity contribution in [2.75, 3.05) is 13.1 Å². The minimum atomic E-state index is -0.0606. The van der Waals surface area contributed by atoms with E-state index in [1.165, 1.54) is 12.8 Å². The number of amides is 1. The summed E-state index contributed by atoms with van der Waals surface area (Å²) in [5.41, 5.74) is 1.39. The van der Waals surface area contributed by atoms with Gasteiger partial charge in [0.05, 0.1) is 11.7 Å². The summed E-state index contributed by atoms with van der Waals surface area (Å²) in [6.07, 6.45) is 6.71. The van der Waals surface area contributed by atoms with Gasteiger partial charge in [0.2, 0.25) is 0 Å². The Morgan fingerprint density at radius 3 is 2.57 bits per heavy atom. The molecule has 118 valence electrons. The largest absolute Gasteiger partial charge is 0.348 e. The Balaban J connectivity index is 0.00000161. The van der Waals surface area contributed by atoms with E-state index in [0.717, 1.165) is 44.5 Å². The summed E-state index contributed by atoms with van der Waals surface area (Å²) in [7, 11) is 0. The SMILES string of the molecule is Cc1c(C(=O)NC2CCCC2)nnn1C1CCNCC1.Cl. The van der Waals surface area contributed by atoms with Gasteiger partial charge in [0.15, 0.2) is 5.69 Å². The molecule has 3 rings (SSSR count). The fraction of sp³-hybridized carbons (Fsp3) is 0.786. The topological polar surface area (TPSA) is 71.8 Å². The molecule has 1 aromatic rings. The van der Waals surface area contributed by atoms with Gasteiger partial charge in [0, 0.05) is 6.04 Å². The molecule has 21 heavy (non-hydrogen) atoms. The van der Waals surface area contributed by atoms with E-state index in [1.807, 2.05) is 11.6 Å². The Morgan fingerprint density at radius 2 is 1.90 bits per heavy atom. The van der Waals surface area contributed by atoms with Gasteiger partial charge in [0.1, 0.15) is 0 Å². The zero-order valence-corrected chi connectivity index (χ0v) is 13.3. The van der Waals surface area contributed by atoms with Gasteiger partial charge in [-0.3, -0.25) is 4.79 Å². The zero-order valence-electron chi connectivity index (χ0n) is 12.5. The lowest BCUT2D eigenvalue weighted by Crippen LogP contribution is -2.33. The Bertz CT molecular complexity index is 478. The van der Waals surface area contributed by atoms with Crippen molar-refractivity contribution in [2.24, 2.45) is 0 Å². The predicted molar refractivity (Wildman–Crippen MR) is 82.9 cm³/mol. The molecule has 7 heteroatoms. The number of carbonyl (C=O) groups excluding carboxylic acids is 1. The molecule has 2 aliphatic rings. The molecular formula is C14H24ClN5O. The number of piperidine rings is 1. The first-order chi connectivity index (χ1) is 9.75. The molecule has 1 aliphatic heterocycles. The van der Waals surface area contributed by atoms with Gasteiger partial charge in [-0.25, -0.2) is 4.68 Å². The van der Waals surface area contributed by atoms with E-state index >= 15 is 0 Å². The van der Waals surface area contributed by atoms with Crippen LogP contribution < -0.4 is 10.6 Å². The van der Waals surface area contributed by atoms with Crippen LogP contribution in [0.5, 0.6) is 0 Å². The quantitative estimate of drug-likeness (QED) is 0.889. The Kier molecular flexibility index (Phi) is 5.58. The van der Waals surface area contributed by atoms with Crippen molar-refractivity contribution in [1.82, 2.24) is 25.6 Å². The van der Waals surface area contributed by atoms with Crippen molar-refractivity contribution < 1.29 is 4.79 Å². The first-order valence-electron chi connectivity index (χ1n) is 7.69. The second-order valence-electron chi connectivity index (χ2n) is 5.90. The number of halogens is 1. The first kappa shape index (κ1) is 16.2. The third-order valence-electron chi connectivity index (χ3n) is 4.49. The highest BCUT2D eigenvalue weighted by molar-refractivity contribution is 5.93. The standard InChI is InChI=1S/C14H23N5O.ClH/c1-10-13(14(20)16-11-4-2-3-5-11)17-18-19(10)12-6-8-15-9-7-12;/h11-12,15H,2-9H2,1H3,(H,16,20);1H. The minimum absolute atomic E-state index is 0. The number of hydrogen-bond acceptors (Lipinski definition) is 4. The summed E-state index contributed by atoms with van der Waals surface area (Å²) < 4.78 is 1.93. The van der Waals surface area contributed by atoms with Gasteiger partial charge in [0.25, 0.3) is 5.91 Å². The van der Waals surface area contributed by atoms with Crippen LogP contribution >= 0.6 is 12.4 Å². The maximum Gasteiger partial charge on any atom is 0.273 e. The highest BCUT2D eigenvalue weighted by Crippen LogP contribution is 2.21. The highest BCUT2D eigenvalue weighted by atomic mass is 35.5. The van der Waals surface area contributed by atoms with Crippen molar-refractivity contribution in [3.63, 3.8) is 0 Å². The number of aromatic nitrogens is 3. The molecule has 0 radical (unpaired) electrons. The number of hydrogen-bond donors (Lipinski definition) is 2. The summed E-state index contributed by atoms with van der Waals surface area (Å²) in [5.74, 6) is -0.0606. The van der Waals surface area contributed by atoms with Crippen LogP contribution in [0, 0.1) is 6.92 Å². The molecule has 1 amide bonds. The number of carbonyl (C=O) groups is 1.